The monoisotopic (exact) mass is 565 g/mol. The van der Waals surface area contributed by atoms with Gasteiger partial charge in [0.25, 0.3) is 0 Å². The van der Waals surface area contributed by atoms with Crippen LogP contribution in [-0.4, -0.2) is 28.1 Å². The maximum absolute atomic E-state index is 14.3. The Morgan fingerprint density at radius 2 is 1.97 bits per heavy atom. The minimum atomic E-state index is -3.77. The highest BCUT2D eigenvalue weighted by Crippen LogP contribution is 2.32. The van der Waals surface area contributed by atoms with Crippen molar-refractivity contribution in [1.29, 1.82) is 0 Å². The molecular weight excluding hydrogens is 540 g/mol. The summed E-state index contributed by atoms with van der Waals surface area (Å²) < 4.78 is 45.9. The van der Waals surface area contributed by atoms with E-state index in [1.807, 2.05) is 0 Å². The molecule has 3 aromatic rings. The zero-order valence-electron chi connectivity index (χ0n) is 20.1. The standard InChI is InChI=1S/C26H26Cl2FN3O4S/c1-15(19-4-3-5-21(27)25(19)28)31-26(33)32-23-9-8-18(11-24(23)36-2)37(34,35)14-16-6-7-17-12-30-13-22(29)20(17)10-16/h3-11,15,22,30H,12-14H2,1-2H3,(H2,31,32,33)/t15-,22?/m1/s1. The van der Waals surface area contributed by atoms with Crippen molar-refractivity contribution in [1.82, 2.24) is 10.6 Å². The Bertz CT molecular complexity index is 1440. The van der Waals surface area contributed by atoms with Gasteiger partial charge in [0.2, 0.25) is 0 Å². The summed E-state index contributed by atoms with van der Waals surface area (Å²) in [5.41, 5.74) is 2.77. The Labute approximate surface area is 225 Å². The molecule has 0 aliphatic carbocycles. The molecule has 4 rings (SSSR count). The van der Waals surface area contributed by atoms with E-state index in [9.17, 15) is 17.6 Å². The van der Waals surface area contributed by atoms with Gasteiger partial charge in [-0.25, -0.2) is 17.6 Å². The maximum atomic E-state index is 14.3. The lowest BCUT2D eigenvalue weighted by atomic mass is 9.98. The van der Waals surface area contributed by atoms with E-state index < -0.39 is 28.1 Å². The molecule has 1 aliphatic heterocycles. The predicted molar refractivity (Wildman–Crippen MR) is 143 cm³/mol. The average Bonchev–Trinajstić information content (AvgIpc) is 2.86. The minimum Gasteiger partial charge on any atom is -0.495 e. The summed E-state index contributed by atoms with van der Waals surface area (Å²) in [6.07, 6.45) is -1.18. The number of carbonyl (C=O) groups excluding carboxylic acids is 1. The molecule has 0 saturated heterocycles. The van der Waals surface area contributed by atoms with E-state index in [0.29, 0.717) is 33.3 Å². The summed E-state index contributed by atoms with van der Waals surface area (Å²) in [5.74, 6) is -0.126. The van der Waals surface area contributed by atoms with E-state index in [1.165, 1.54) is 25.3 Å². The Balaban J connectivity index is 1.48. The average molecular weight is 566 g/mol. The molecule has 0 spiro atoms. The molecule has 3 N–H and O–H groups in total. The van der Waals surface area contributed by atoms with Gasteiger partial charge in [-0.2, -0.15) is 0 Å². The number of rotatable bonds is 7. The van der Waals surface area contributed by atoms with Crippen LogP contribution in [0, 0.1) is 0 Å². The molecule has 1 aliphatic rings. The first-order valence-electron chi connectivity index (χ1n) is 11.5. The highest BCUT2D eigenvalue weighted by Gasteiger charge is 2.23. The van der Waals surface area contributed by atoms with Crippen LogP contribution in [0.5, 0.6) is 5.75 Å². The Morgan fingerprint density at radius 1 is 1.19 bits per heavy atom. The summed E-state index contributed by atoms with van der Waals surface area (Å²) in [5, 5.41) is 9.15. The van der Waals surface area contributed by atoms with Crippen molar-refractivity contribution in [3.8, 4) is 5.75 Å². The highest BCUT2D eigenvalue weighted by atomic mass is 35.5. The smallest absolute Gasteiger partial charge is 0.319 e. The molecule has 7 nitrogen and oxygen atoms in total. The van der Waals surface area contributed by atoms with Gasteiger partial charge in [0.05, 0.1) is 39.5 Å². The molecule has 2 amide bonds. The molecule has 0 fully saturated rings. The van der Waals surface area contributed by atoms with Crippen molar-refractivity contribution in [3.63, 3.8) is 0 Å². The van der Waals surface area contributed by atoms with Gasteiger partial charge in [-0.15, -0.1) is 0 Å². The topological polar surface area (TPSA) is 96.5 Å². The fourth-order valence-electron chi connectivity index (χ4n) is 4.19. The van der Waals surface area contributed by atoms with Crippen molar-refractivity contribution >= 4 is 44.8 Å². The van der Waals surface area contributed by atoms with Crippen molar-refractivity contribution < 1.29 is 22.3 Å². The molecule has 0 aromatic heterocycles. The second kappa shape index (κ2) is 11.3. The number of fused-ring (bicyclic) bond motifs is 1. The number of alkyl halides is 1. The zero-order chi connectivity index (χ0) is 26.7. The lowest BCUT2D eigenvalue weighted by Gasteiger charge is -2.21. The Hall–Kier alpha value is -2.85. The number of amides is 2. The van der Waals surface area contributed by atoms with Gasteiger partial charge in [0, 0.05) is 19.2 Å². The quantitative estimate of drug-likeness (QED) is 0.328. The molecule has 1 heterocycles. The van der Waals surface area contributed by atoms with Crippen LogP contribution in [0.3, 0.4) is 0 Å². The molecule has 2 atom stereocenters. The highest BCUT2D eigenvalue weighted by molar-refractivity contribution is 7.90. The van der Waals surface area contributed by atoms with Crippen LogP contribution in [0.2, 0.25) is 10.0 Å². The summed E-state index contributed by atoms with van der Waals surface area (Å²) >= 11 is 12.3. The third-order valence-electron chi connectivity index (χ3n) is 6.12. The van der Waals surface area contributed by atoms with E-state index in [4.69, 9.17) is 27.9 Å². The molecule has 0 saturated carbocycles. The van der Waals surface area contributed by atoms with E-state index in [1.54, 1.807) is 43.3 Å². The molecule has 11 heteroatoms. The number of anilines is 1. The van der Waals surface area contributed by atoms with Gasteiger partial charge in [-0.1, -0.05) is 53.5 Å². The van der Waals surface area contributed by atoms with Crippen molar-refractivity contribution in [3.05, 3.63) is 86.9 Å². The fraction of sp³-hybridized carbons (Fsp3) is 0.269. The number of ether oxygens (including phenoxy) is 1. The summed E-state index contributed by atoms with van der Waals surface area (Å²) in [6, 6.07) is 13.4. The third-order valence-corrected chi connectivity index (χ3v) is 8.64. The number of carbonyl (C=O) groups is 1. The number of halogens is 3. The molecule has 37 heavy (non-hydrogen) atoms. The first-order chi connectivity index (χ1) is 17.6. The number of urea groups is 1. The minimum absolute atomic E-state index is 0.0190. The SMILES string of the molecule is COc1cc(S(=O)(=O)Cc2ccc3c(c2)C(F)CNC3)ccc1NC(=O)N[C@H](C)c1cccc(Cl)c1Cl. The maximum Gasteiger partial charge on any atom is 0.319 e. The van der Waals surface area contributed by atoms with Gasteiger partial charge < -0.3 is 20.7 Å². The second-order valence-corrected chi connectivity index (χ2v) is 11.5. The van der Waals surface area contributed by atoms with Crippen LogP contribution in [0.15, 0.2) is 59.5 Å². The molecule has 0 bridgehead atoms. The Kier molecular flexibility index (Phi) is 8.28. The van der Waals surface area contributed by atoms with Crippen LogP contribution < -0.4 is 20.7 Å². The molecule has 196 valence electrons. The van der Waals surface area contributed by atoms with E-state index >= 15 is 0 Å². The van der Waals surface area contributed by atoms with Crippen LogP contribution in [0.1, 0.15) is 41.4 Å². The van der Waals surface area contributed by atoms with Crippen molar-refractivity contribution in [2.24, 2.45) is 0 Å². The first-order valence-corrected chi connectivity index (χ1v) is 13.9. The Morgan fingerprint density at radius 3 is 2.73 bits per heavy atom. The summed E-state index contributed by atoms with van der Waals surface area (Å²) in [7, 11) is -2.40. The van der Waals surface area contributed by atoms with Gasteiger partial charge in [0.15, 0.2) is 9.84 Å². The molecule has 0 radical (unpaired) electrons. The number of nitrogens with one attached hydrogen (secondary N) is 3. The largest absolute Gasteiger partial charge is 0.495 e. The van der Waals surface area contributed by atoms with E-state index in [-0.39, 0.29) is 28.6 Å². The number of benzene rings is 3. The van der Waals surface area contributed by atoms with Crippen LogP contribution in [0.4, 0.5) is 14.9 Å². The number of methoxy groups -OCH3 is 1. The van der Waals surface area contributed by atoms with Crippen LogP contribution >= 0.6 is 23.2 Å². The predicted octanol–water partition coefficient (Wildman–Crippen LogP) is 5.97. The van der Waals surface area contributed by atoms with Gasteiger partial charge >= 0.3 is 6.03 Å². The zero-order valence-corrected chi connectivity index (χ0v) is 22.5. The number of hydrogen-bond donors (Lipinski definition) is 3. The first kappa shape index (κ1) is 27.2. The van der Waals surface area contributed by atoms with Gasteiger partial charge in [-0.05, 0) is 47.4 Å². The van der Waals surface area contributed by atoms with Crippen LogP contribution in [-0.2, 0) is 22.1 Å². The number of sulfone groups is 1. The molecule has 1 unspecified atom stereocenters. The van der Waals surface area contributed by atoms with Crippen molar-refractivity contribution in [2.75, 3.05) is 19.0 Å². The van der Waals surface area contributed by atoms with Crippen LogP contribution in [0.25, 0.3) is 0 Å². The normalized spacial score (nSPS) is 16.0. The summed E-state index contributed by atoms with van der Waals surface area (Å²) in [6.45, 7) is 2.51. The summed E-state index contributed by atoms with van der Waals surface area (Å²) in [4.78, 5) is 12.6. The van der Waals surface area contributed by atoms with Gasteiger partial charge in [0.1, 0.15) is 11.9 Å². The molecular formula is C26H26Cl2FN3O4S. The molecule has 3 aromatic carbocycles. The third kappa shape index (κ3) is 6.18. The van der Waals surface area contributed by atoms with Crippen molar-refractivity contribution in [2.45, 2.75) is 36.3 Å². The van der Waals surface area contributed by atoms with Gasteiger partial charge in [-0.3, -0.25) is 0 Å². The number of hydrogen-bond acceptors (Lipinski definition) is 5. The second-order valence-electron chi connectivity index (χ2n) is 8.72. The lowest BCUT2D eigenvalue weighted by molar-refractivity contribution is 0.249. The lowest BCUT2D eigenvalue weighted by Crippen LogP contribution is -2.31. The van der Waals surface area contributed by atoms with E-state index in [2.05, 4.69) is 16.0 Å². The van der Waals surface area contributed by atoms with E-state index in [0.717, 1.165) is 5.56 Å². The fourth-order valence-corrected chi connectivity index (χ4v) is 6.01.